The van der Waals surface area contributed by atoms with Crippen LogP contribution in [-0.2, 0) is 0 Å². The average molecular weight is 214 g/mol. The first kappa shape index (κ1) is 10.3. The van der Waals surface area contributed by atoms with Crippen LogP contribution in [0.2, 0.25) is 0 Å². The van der Waals surface area contributed by atoms with Gasteiger partial charge in [-0.15, -0.1) is 4.91 Å². The molecule has 0 aromatic heterocycles. The molecule has 0 heterocycles. The van der Waals surface area contributed by atoms with Crippen LogP contribution < -0.4 is 10.7 Å². The van der Waals surface area contributed by atoms with E-state index in [1.807, 2.05) is 24.3 Å². The topological polar surface area (TPSA) is 64.7 Å². The van der Waals surface area contributed by atoms with Gasteiger partial charge in [-0.05, 0) is 40.6 Å². The van der Waals surface area contributed by atoms with Crippen LogP contribution in [0.25, 0.3) is 11.1 Å². The smallest absolute Gasteiger partial charge is 0.146 e. The Morgan fingerprint density at radius 1 is 0.875 bits per heavy atom. The summed E-state index contributed by atoms with van der Waals surface area (Å²) in [6.07, 6.45) is 0. The Kier molecular flexibility index (Phi) is 2.93. The van der Waals surface area contributed by atoms with Crippen molar-refractivity contribution in [2.75, 3.05) is 0 Å². The van der Waals surface area contributed by atoms with Gasteiger partial charge in [-0.25, -0.2) is 0 Å². The second kappa shape index (κ2) is 4.55. The second-order valence-electron chi connectivity index (χ2n) is 3.28. The van der Waals surface area contributed by atoms with Crippen molar-refractivity contribution in [3.05, 3.63) is 53.4 Å². The van der Waals surface area contributed by atoms with Crippen LogP contribution >= 0.6 is 0 Å². The molecule has 0 fully saturated rings. The molecule has 2 N–H and O–H groups in total. The van der Waals surface area contributed by atoms with Crippen LogP contribution in [0.15, 0.2) is 53.7 Å². The lowest BCUT2D eigenvalue weighted by atomic mass is 10.1. The lowest BCUT2D eigenvalue weighted by Gasteiger charge is -2.03. The molecule has 4 heteroatoms. The lowest BCUT2D eigenvalue weighted by molar-refractivity contribution is 0.334. The summed E-state index contributed by atoms with van der Waals surface area (Å²) in [6, 6.07) is 14.4. The Hall–Kier alpha value is -2.20. The van der Waals surface area contributed by atoms with Crippen LogP contribution in [0, 0.1) is 4.91 Å². The summed E-state index contributed by atoms with van der Waals surface area (Å²) in [5.74, 6) is 5.64. The highest BCUT2D eigenvalue weighted by atomic mass is 16.6. The first-order chi connectivity index (χ1) is 7.83. The highest BCUT2D eigenvalue weighted by Gasteiger charge is 1.98. The first-order valence-corrected chi connectivity index (χ1v) is 4.74. The number of nitrogens with two attached hydrogens (primary N) is 1. The van der Waals surface area contributed by atoms with E-state index in [0.29, 0.717) is 11.4 Å². The molecule has 0 saturated heterocycles. The molecule has 80 valence electrons. The molecule has 0 bridgehead atoms. The highest BCUT2D eigenvalue weighted by molar-refractivity contribution is 5.65. The maximum Gasteiger partial charge on any atom is 0.146 e. The zero-order valence-electron chi connectivity index (χ0n) is 8.46. The zero-order chi connectivity index (χ0) is 11.4. The summed E-state index contributed by atoms with van der Waals surface area (Å²) in [5, 5.41) is 2.85. The van der Waals surface area contributed by atoms with Crippen molar-refractivity contribution in [1.82, 2.24) is 0 Å². The zero-order valence-corrected chi connectivity index (χ0v) is 8.46. The van der Waals surface area contributed by atoms with Gasteiger partial charge in [0.1, 0.15) is 11.4 Å². The van der Waals surface area contributed by atoms with Crippen molar-refractivity contribution >= 4 is 5.69 Å². The third kappa shape index (κ3) is 2.07. The third-order valence-corrected chi connectivity index (χ3v) is 2.30. The van der Waals surface area contributed by atoms with Crippen LogP contribution in [0.4, 0.5) is 5.69 Å². The molecule has 0 atom stereocenters. The molecule has 2 aromatic carbocycles. The fraction of sp³-hybridized carbons (Fsp3) is 0. The molecule has 0 aliphatic rings. The minimum absolute atomic E-state index is 0.422. The predicted molar refractivity (Wildman–Crippen MR) is 62.1 cm³/mol. The molecule has 0 aliphatic heterocycles. The van der Waals surface area contributed by atoms with Gasteiger partial charge in [-0.1, -0.05) is 24.3 Å². The monoisotopic (exact) mass is 214 g/mol. The Balaban J connectivity index is 2.31. The average Bonchev–Trinajstić information content (AvgIpc) is 2.39. The fourth-order valence-electron chi connectivity index (χ4n) is 1.44. The molecule has 2 rings (SSSR count). The van der Waals surface area contributed by atoms with Gasteiger partial charge in [0.2, 0.25) is 0 Å². The largest absolute Gasteiger partial charge is 0.412 e. The van der Waals surface area contributed by atoms with Crippen LogP contribution in [-0.4, -0.2) is 0 Å². The van der Waals surface area contributed by atoms with Crippen molar-refractivity contribution in [2.45, 2.75) is 0 Å². The Bertz CT molecular complexity index is 477. The van der Waals surface area contributed by atoms with Gasteiger partial charge in [0.25, 0.3) is 0 Å². The summed E-state index contributed by atoms with van der Waals surface area (Å²) < 4.78 is 0. The van der Waals surface area contributed by atoms with Gasteiger partial charge < -0.3 is 4.84 Å². The van der Waals surface area contributed by atoms with E-state index in [0.717, 1.165) is 11.1 Å². The molecule has 4 nitrogen and oxygen atoms in total. The normalized spacial score (nSPS) is 9.81. The van der Waals surface area contributed by atoms with Gasteiger partial charge in [-0.2, -0.15) is 5.90 Å². The molecular formula is C12H10N2O2. The predicted octanol–water partition coefficient (Wildman–Crippen LogP) is 3.00. The SMILES string of the molecule is NOc1ccc(-c2ccc(N=O)cc2)cc1. The van der Waals surface area contributed by atoms with E-state index in [4.69, 9.17) is 5.90 Å². The summed E-state index contributed by atoms with van der Waals surface area (Å²) >= 11 is 0. The van der Waals surface area contributed by atoms with Crippen molar-refractivity contribution in [3.63, 3.8) is 0 Å². The van der Waals surface area contributed by atoms with Gasteiger partial charge in [0.15, 0.2) is 0 Å². The summed E-state index contributed by atoms with van der Waals surface area (Å²) in [5.41, 5.74) is 2.46. The molecule has 0 spiro atoms. The summed E-state index contributed by atoms with van der Waals surface area (Å²) in [4.78, 5) is 14.8. The number of nitroso groups, excluding NO2 is 1. The van der Waals surface area contributed by atoms with Crippen molar-refractivity contribution in [3.8, 4) is 16.9 Å². The number of hydrogen-bond acceptors (Lipinski definition) is 4. The van der Waals surface area contributed by atoms with Crippen molar-refractivity contribution < 1.29 is 4.84 Å². The second-order valence-corrected chi connectivity index (χ2v) is 3.28. The molecular weight excluding hydrogens is 204 g/mol. The maximum absolute atomic E-state index is 10.3. The molecule has 0 radical (unpaired) electrons. The number of hydrogen-bond donors (Lipinski definition) is 1. The van der Waals surface area contributed by atoms with Crippen molar-refractivity contribution in [2.24, 2.45) is 11.1 Å². The maximum atomic E-state index is 10.3. The lowest BCUT2D eigenvalue weighted by Crippen LogP contribution is -2.00. The van der Waals surface area contributed by atoms with Gasteiger partial charge in [0.05, 0.1) is 0 Å². The van der Waals surface area contributed by atoms with Crippen molar-refractivity contribution in [1.29, 1.82) is 0 Å². The molecule has 0 amide bonds. The first-order valence-electron chi connectivity index (χ1n) is 4.74. The number of rotatable bonds is 3. The van der Waals surface area contributed by atoms with E-state index in [1.54, 1.807) is 24.3 Å². The molecule has 2 aromatic rings. The Morgan fingerprint density at radius 3 is 1.81 bits per heavy atom. The number of nitrogens with zero attached hydrogens (tertiary/aromatic N) is 1. The minimum Gasteiger partial charge on any atom is -0.412 e. The quantitative estimate of drug-likeness (QED) is 0.630. The van der Waals surface area contributed by atoms with Gasteiger partial charge in [-0.3, -0.25) is 0 Å². The summed E-state index contributed by atoms with van der Waals surface area (Å²) in [6.45, 7) is 0. The van der Waals surface area contributed by atoms with Crippen LogP contribution in [0.1, 0.15) is 0 Å². The molecule has 0 saturated carbocycles. The Labute approximate surface area is 92.6 Å². The standard InChI is InChI=1S/C12H10N2O2/c13-16-12-7-3-10(4-8-12)9-1-5-11(14-15)6-2-9/h1-8H,13H2. The van der Waals surface area contributed by atoms with E-state index in [2.05, 4.69) is 10.0 Å². The molecule has 0 unspecified atom stereocenters. The van der Waals surface area contributed by atoms with E-state index < -0.39 is 0 Å². The van der Waals surface area contributed by atoms with Crippen LogP contribution in [0.5, 0.6) is 5.75 Å². The van der Waals surface area contributed by atoms with E-state index in [-0.39, 0.29) is 0 Å². The molecule has 0 aliphatic carbocycles. The van der Waals surface area contributed by atoms with E-state index >= 15 is 0 Å². The summed E-state index contributed by atoms with van der Waals surface area (Å²) in [7, 11) is 0. The van der Waals surface area contributed by atoms with E-state index in [9.17, 15) is 4.91 Å². The van der Waals surface area contributed by atoms with E-state index in [1.165, 1.54) is 0 Å². The van der Waals surface area contributed by atoms with Gasteiger partial charge in [0, 0.05) is 0 Å². The Morgan fingerprint density at radius 2 is 1.38 bits per heavy atom. The van der Waals surface area contributed by atoms with Crippen LogP contribution in [0.3, 0.4) is 0 Å². The fourth-order valence-corrected chi connectivity index (χ4v) is 1.44. The van der Waals surface area contributed by atoms with Gasteiger partial charge >= 0.3 is 0 Å². The molecule has 16 heavy (non-hydrogen) atoms. The number of benzene rings is 2. The minimum atomic E-state index is 0.422. The highest BCUT2D eigenvalue weighted by Crippen LogP contribution is 2.24. The third-order valence-electron chi connectivity index (χ3n) is 2.30.